The van der Waals surface area contributed by atoms with E-state index in [0.717, 1.165) is 22.3 Å². The van der Waals surface area contributed by atoms with E-state index in [4.69, 9.17) is 0 Å². The summed E-state index contributed by atoms with van der Waals surface area (Å²) < 4.78 is 15.2. The van der Waals surface area contributed by atoms with Gasteiger partial charge >= 0.3 is 0 Å². The second-order valence-corrected chi connectivity index (χ2v) is 6.87. The van der Waals surface area contributed by atoms with Crippen molar-refractivity contribution in [1.82, 2.24) is 14.8 Å². The molecule has 0 unspecified atom stereocenters. The Morgan fingerprint density at radius 2 is 1.88 bits per heavy atom. The third-order valence-electron chi connectivity index (χ3n) is 3.99. The summed E-state index contributed by atoms with van der Waals surface area (Å²) in [6.45, 7) is 8.65. The SMILES string of the molecule is C=CCn1c(SCc2cc(C)ccc2C)nnc1-c1ccc(F)cc1. The minimum atomic E-state index is -0.261. The largest absolute Gasteiger partial charge is 0.298 e. The Morgan fingerprint density at radius 3 is 2.60 bits per heavy atom. The van der Waals surface area contributed by atoms with Crippen LogP contribution in [0.5, 0.6) is 0 Å². The topological polar surface area (TPSA) is 30.7 Å². The number of nitrogens with zero attached hydrogens (tertiary/aromatic N) is 3. The molecule has 0 aliphatic carbocycles. The zero-order valence-corrected chi connectivity index (χ0v) is 15.2. The standard InChI is InChI=1S/C20H20FN3S/c1-4-11-24-19(16-7-9-18(21)10-8-16)22-23-20(24)25-13-17-12-14(2)5-6-15(17)3/h4-10,12H,1,11,13H2,2-3H3. The first-order valence-electron chi connectivity index (χ1n) is 8.07. The number of aryl methyl sites for hydroxylation is 2. The number of halogens is 1. The van der Waals surface area contributed by atoms with Crippen LogP contribution in [-0.4, -0.2) is 14.8 Å². The summed E-state index contributed by atoms with van der Waals surface area (Å²) in [5, 5.41) is 9.48. The summed E-state index contributed by atoms with van der Waals surface area (Å²) in [5.41, 5.74) is 4.66. The number of thioether (sulfide) groups is 1. The van der Waals surface area contributed by atoms with Crippen molar-refractivity contribution in [3.05, 3.63) is 77.6 Å². The molecule has 0 amide bonds. The molecule has 2 aromatic carbocycles. The molecule has 0 N–H and O–H groups in total. The van der Waals surface area contributed by atoms with Crippen LogP contribution in [-0.2, 0) is 12.3 Å². The number of rotatable bonds is 6. The Bertz CT molecular complexity index is 884. The van der Waals surface area contributed by atoms with Gasteiger partial charge in [-0.05, 0) is 49.2 Å². The molecule has 0 aliphatic rings. The van der Waals surface area contributed by atoms with Gasteiger partial charge in [0.2, 0.25) is 0 Å². The quantitative estimate of drug-likeness (QED) is 0.452. The molecule has 0 bridgehead atoms. The Morgan fingerprint density at radius 1 is 1.12 bits per heavy atom. The fourth-order valence-corrected chi connectivity index (χ4v) is 3.61. The first-order chi connectivity index (χ1) is 12.1. The van der Waals surface area contributed by atoms with Crippen LogP contribution in [0.3, 0.4) is 0 Å². The van der Waals surface area contributed by atoms with E-state index in [1.54, 1.807) is 23.9 Å². The molecule has 0 aliphatic heterocycles. The van der Waals surface area contributed by atoms with Crippen molar-refractivity contribution in [1.29, 1.82) is 0 Å². The van der Waals surface area contributed by atoms with Crippen LogP contribution in [0.25, 0.3) is 11.4 Å². The molecule has 3 rings (SSSR count). The second-order valence-electron chi connectivity index (χ2n) is 5.93. The smallest absolute Gasteiger partial charge is 0.192 e. The molecule has 128 valence electrons. The van der Waals surface area contributed by atoms with Crippen molar-refractivity contribution in [2.45, 2.75) is 31.3 Å². The van der Waals surface area contributed by atoms with E-state index in [0.29, 0.717) is 6.54 Å². The molecular weight excluding hydrogens is 333 g/mol. The van der Waals surface area contributed by atoms with Gasteiger partial charge in [-0.2, -0.15) is 0 Å². The fraction of sp³-hybridized carbons (Fsp3) is 0.200. The maximum Gasteiger partial charge on any atom is 0.192 e. The summed E-state index contributed by atoms with van der Waals surface area (Å²) in [6, 6.07) is 12.8. The van der Waals surface area contributed by atoms with Crippen LogP contribution in [0.4, 0.5) is 4.39 Å². The van der Waals surface area contributed by atoms with Crippen LogP contribution < -0.4 is 0 Å². The molecule has 25 heavy (non-hydrogen) atoms. The lowest BCUT2D eigenvalue weighted by Gasteiger charge is -2.09. The van der Waals surface area contributed by atoms with Gasteiger partial charge in [0, 0.05) is 17.9 Å². The monoisotopic (exact) mass is 353 g/mol. The Balaban J connectivity index is 1.87. The molecule has 0 radical (unpaired) electrons. The summed E-state index contributed by atoms with van der Waals surface area (Å²) in [4.78, 5) is 0. The Kier molecular flexibility index (Phi) is 5.34. The van der Waals surface area contributed by atoms with Crippen molar-refractivity contribution in [2.75, 3.05) is 0 Å². The highest BCUT2D eigenvalue weighted by molar-refractivity contribution is 7.98. The zero-order chi connectivity index (χ0) is 17.8. The number of hydrogen-bond acceptors (Lipinski definition) is 3. The number of hydrogen-bond donors (Lipinski definition) is 0. The molecule has 0 fully saturated rings. The van der Waals surface area contributed by atoms with Gasteiger partial charge in [-0.1, -0.05) is 41.6 Å². The number of aromatic nitrogens is 3. The van der Waals surface area contributed by atoms with E-state index in [1.807, 2.05) is 10.6 Å². The third-order valence-corrected chi connectivity index (χ3v) is 5.01. The van der Waals surface area contributed by atoms with Crippen LogP contribution in [0.1, 0.15) is 16.7 Å². The van der Waals surface area contributed by atoms with Gasteiger partial charge in [0.25, 0.3) is 0 Å². The predicted molar refractivity (Wildman–Crippen MR) is 101 cm³/mol. The number of allylic oxidation sites excluding steroid dienone is 1. The molecule has 5 heteroatoms. The van der Waals surface area contributed by atoms with Crippen LogP contribution in [0.15, 0.2) is 60.3 Å². The summed E-state index contributed by atoms with van der Waals surface area (Å²) in [6.07, 6.45) is 1.82. The van der Waals surface area contributed by atoms with Gasteiger partial charge in [-0.25, -0.2) is 4.39 Å². The normalized spacial score (nSPS) is 10.8. The van der Waals surface area contributed by atoms with Gasteiger partial charge in [-0.15, -0.1) is 16.8 Å². The zero-order valence-electron chi connectivity index (χ0n) is 14.4. The first kappa shape index (κ1) is 17.4. The van der Waals surface area contributed by atoms with Gasteiger partial charge in [0.15, 0.2) is 11.0 Å². The summed E-state index contributed by atoms with van der Waals surface area (Å²) in [7, 11) is 0. The maximum absolute atomic E-state index is 13.2. The average Bonchev–Trinajstić information content (AvgIpc) is 2.99. The third kappa shape index (κ3) is 3.99. The van der Waals surface area contributed by atoms with Gasteiger partial charge in [-0.3, -0.25) is 4.57 Å². The molecule has 0 spiro atoms. The molecular formula is C20H20FN3S. The minimum Gasteiger partial charge on any atom is -0.298 e. The van der Waals surface area contributed by atoms with Crippen molar-refractivity contribution >= 4 is 11.8 Å². The maximum atomic E-state index is 13.2. The van der Waals surface area contributed by atoms with E-state index in [1.165, 1.54) is 28.8 Å². The Hall–Kier alpha value is -2.40. The minimum absolute atomic E-state index is 0.261. The van der Waals surface area contributed by atoms with E-state index in [2.05, 4.69) is 48.8 Å². The van der Waals surface area contributed by atoms with Crippen LogP contribution in [0.2, 0.25) is 0 Å². The van der Waals surface area contributed by atoms with Crippen LogP contribution in [0, 0.1) is 19.7 Å². The van der Waals surface area contributed by atoms with Gasteiger partial charge < -0.3 is 0 Å². The lowest BCUT2D eigenvalue weighted by molar-refractivity contribution is 0.628. The van der Waals surface area contributed by atoms with Crippen molar-refractivity contribution in [2.24, 2.45) is 0 Å². The summed E-state index contributed by atoms with van der Waals surface area (Å²) >= 11 is 1.65. The summed E-state index contributed by atoms with van der Waals surface area (Å²) in [5.74, 6) is 1.29. The average molecular weight is 353 g/mol. The first-order valence-corrected chi connectivity index (χ1v) is 9.06. The van der Waals surface area contributed by atoms with E-state index in [9.17, 15) is 4.39 Å². The molecule has 0 atom stereocenters. The van der Waals surface area contributed by atoms with E-state index >= 15 is 0 Å². The second kappa shape index (κ2) is 7.66. The highest BCUT2D eigenvalue weighted by Crippen LogP contribution is 2.27. The molecule has 1 heterocycles. The van der Waals surface area contributed by atoms with Crippen molar-refractivity contribution in [3.63, 3.8) is 0 Å². The van der Waals surface area contributed by atoms with Crippen LogP contribution >= 0.6 is 11.8 Å². The fourth-order valence-electron chi connectivity index (χ4n) is 2.60. The van der Waals surface area contributed by atoms with Crippen molar-refractivity contribution in [3.8, 4) is 11.4 Å². The highest BCUT2D eigenvalue weighted by Gasteiger charge is 2.14. The highest BCUT2D eigenvalue weighted by atomic mass is 32.2. The molecule has 0 saturated heterocycles. The van der Waals surface area contributed by atoms with E-state index < -0.39 is 0 Å². The van der Waals surface area contributed by atoms with Crippen molar-refractivity contribution < 1.29 is 4.39 Å². The predicted octanol–water partition coefficient (Wildman–Crippen LogP) is 5.18. The molecule has 3 nitrogen and oxygen atoms in total. The molecule has 1 aromatic heterocycles. The molecule has 3 aromatic rings. The lowest BCUT2D eigenvalue weighted by atomic mass is 10.1. The lowest BCUT2D eigenvalue weighted by Crippen LogP contribution is -2.01. The molecule has 0 saturated carbocycles. The van der Waals surface area contributed by atoms with Gasteiger partial charge in [0.05, 0.1) is 0 Å². The Labute approximate surface area is 151 Å². The number of benzene rings is 2. The van der Waals surface area contributed by atoms with E-state index in [-0.39, 0.29) is 5.82 Å². The van der Waals surface area contributed by atoms with Gasteiger partial charge in [0.1, 0.15) is 5.82 Å².